The number of hydrogen-bond donors (Lipinski definition) is 5. The van der Waals surface area contributed by atoms with Crippen LogP contribution in [-0.4, -0.2) is 55.5 Å². The van der Waals surface area contributed by atoms with E-state index in [9.17, 15) is 23.9 Å². The summed E-state index contributed by atoms with van der Waals surface area (Å²) in [5.74, 6) is -3.76. The molecule has 0 saturated heterocycles. The molecule has 0 aliphatic carbocycles. The third kappa shape index (κ3) is 7.10. The standard InChI is InChI=1S/C23H26FN7O5S.ClH/c1-3-23(4-2,22(35)27-15(20(32)33)10-18-28-30-31-29-18)11-13-6-8-17(37-13)21(34)36-16-7-5-12(19(25)26)9-14(16)24;/h5-9,15H,3-4,10-11H2,1-2H3,(H3,25,26)(H,27,35)(H,32,33)(H,28,29,30,31);1H/t15-;/m0./s1. The van der Waals surface area contributed by atoms with Crippen LogP contribution in [0.1, 0.15) is 52.6 Å². The Kier molecular flexibility index (Phi) is 10.4. The zero-order valence-electron chi connectivity index (χ0n) is 20.5. The predicted molar refractivity (Wildman–Crippen MR) is 138 cm³/mol. The lowest BCUT2D eigenvalue weighted by Crippen LogP contribution is -2.50. The zero-order valence-corrected chi connectivity index (χ0v) is 22.1. The van der Waals surface area contributed by atoms with Crippen molar-refractivity contribution in [3.63, 3.8) is 0 Å². The summed E-state index contributed by atoms with van der Waals surface area (Å²) < 4.78 is 19.4. The monoisotopic (exact) mass is 567 g/mol. The molecule has 0 unspecified atom stereocenters. The van der Waals surface area contributed by atoms with E-state index >= 15 is 0 Å². The summed E-state index contributed by atoms with van der Waals surface area (Å²) in [5, 5.41) is 32.6. The number of amidine groups is 1. The van der Waals surface area contributed by atoms with Crippen molar-refractivity contribution in [3.8, 4) is 5.75 Å². The lowest BCUT2D eigenvalue weighted by molar-refractivity contribution is -0.144. The average Bonchev–Trinajstić information content (AvgIpc) is 3.55. The number of nitrogens with one attached hydrogen (secondary N) is 3. The van der Waals surface area contributed by atoms with E-state index in [-0.39, 0.29) is 53.1 Å². The number of carbonyl (C=O) groups excluding carboxylic acids is 2. The SMILES string of the molecule is CCC(CC)(Cc1ccc(C(=O)Oc2ccc(C(=N)N)cc2F)s1)C(=O)N[C@@H](Cc1nn[nH]n1)C(=O)O.Cl. The Balaban J connectivity index is 0.00000507. The Morgan fingerprint density at radius 3 is 2.53 bits per heavy atom. The number of aromatic nitrogens is 4. The number of halogens is 2. The van der Waals surface area contributed by atoms with Gasteiger partial charge in [-0.05, 0) is 49.6 Å². The van der Waals surface area contributed by atoms with Crippen molar-refractivity contribution >= 4 is 47.4 Å². The number of carboxylic acids is 1. The Bertz CT molecular complexity index is 1300. The first-order chi connectivity index (χ1) is 17.6. The van der Waals surface area contributed by atoms with Gasteiger partial charge < -0.3 is 20.9 Å². The van der Waals surface area contributed by atoms with Gasteiger partial charge in [0.25, 0.3) is 0 Å². The molecule has 0 fully saturated rings. The number of aromatic amines is 1. The lowest BCUT2D eigenvalue weighted by Gasteiger charge is -2.31. The van der Waals surface area contributed by atoms with Crippen molar-refractivity contribution in [3.05, 3.63) is 57.3 Å². The largest absolute Gasteiger partial charge is 0.480 e. The highest BCUT2D eigenvalue weighted by atomic mass is 35.5. The van der Waals surface area contributed by atoms with Crippen LogP contribution in [0.15, 0.2) is 30.3 Å². The maximum Gasteiger partial charge on any atom is 0.353 e. The molecule has 0 aliphatic rings. The van der Waals surface area contributed by atoms with Crippen LogP contribution in [0.25, 0.3) is 0 Å². The van der Waals surface area contributed by atoms with E-state index in [2.05, 4.69) is 25.9 Å². The number of thiophene rings is 1. The molecule has 38 heavy (non-hydrogen) atoms. The number of nitrogen functional groups attached to an aromatic ring is 1. The van der Waals surface area contributed by atoms with Crippen LogP contribution < -0.4 is 15.8 Å². The van der Waals surface area contributed by atoms with E-state index in [0.717, 1.165) is 17.4 Å². The minimum atomic E-state index is -1.25. The number of hydrogen-bond acceptors (Lipinski definition) is 9. The van der Waals surface area contributed by atoms with Crippen LogP contribution in [-0.2, 0) is 22.4 Å². The fraction of sp³-hybridized carbons (Fsp3) is 0.348. The van der Waals surface area contributed by atoms with E-state index in [1.54, 1.807) is 6.07 Å². The molecule has 3 rings (SSSR count). The number of carboxylic acid groups (broad SMARTS) is 1. The Morgan fingerprint density at radius 2 is 1.97 bits per heavy atom. The quantitative estimate of drug-likeness (QED) is 0.0944. The molecule has 1 aromatic carbocycles. The number of amides is 1. The third-order valence-electron chi connectivity index (χ3n) is 6.04. The average molecular weight is 568 g/mol. The Hall–Kier alpha value is -3.91. The number of nitrogens with zero attached hydrogens (tertiary/aromatic N) is 3. The highest BCUT2D eigenvalue weighted by Crippen LogP contribution is 2.34. The number of tetrazole rings is 1. The summed E-state index contributed by atoms with van der Waals surface area (Å²) >= 11 is 1.10. The molecule has 0 bridgehead atoms. The van der Waals surface area contributed by atoms with Gasteiger partial charge in [-0.2, -0.15) is 5.21 Å². The number of H-pyrrole nitrogens is 1. The number of carbonyl (C=O) groups is 3. The van der Waals surface area contributed by atoms with Crippen molar-refractivity contribution < 1.29 is 28.6 Å². The fourth-order valence-electron chi connectivity index (χ4n) is 3.68. The highest BCUT2D eigenvalue weighted by Gasteiger charge is 2.38. The van der Waals surface area contributed by atoms with E-state index in [1.807, 2.05) is 13.8 Å². The summed E-state index contributed by atoms with van der Waals surface area (Å²) in [6.45, 7) is 3.66. The van der Waals surface area contributed by atoms with Crippen LogP contribution in [0.2, 0.25) is 0 Å². The van der Waals surface area contributed by atoms with Crippen LogP contribution >= 0.6 is 23.7 Å². The summed E-state index contributed by atoms with van der Waals surface area (Å²) in [6.07, 6.45) is 0.935. The maximum atomic E-state index is 14.2. The molecule has 6 N–H and O–H groups in total. The van der Waals surface area contributed by atoms with E-state index in [0.29, 0.717) is 17.7 Å². The Labute approximate surface area is 227 Å². The molecule has 15 heteroatoms. The molecule has 1 atom stereocenters. The Morgan fingerprint density at radius 1 is 1.26 bits per heavy atom. The summed E-state index contributed by atoms with van der Waals surface area (Å²) in [4.78, 5) is 38.5. The van der Waals surface area contributed by atoms with Crippen molar-refractivity contribution in [2.24, 2.45) is 11.1 Å². The zero-order chi connectivity index (χ0) is 27.2. The minimum Gasteiger partial charge on any atom is -0.480 e. The van der Waals surface area contributed by atoms with Gasteiger partial charge >= 0.3 is 11.9 Å². The predicted octanol–water partition coefficient (Wildman–Crippen LogP) is 2.49. The number of nitrogens with two attached hydrogens (primary N) is 1. The van der Waals surface area contributed by atoms with Gasteiger partial charge in [0.05, 0.1) is 5.41 Å². The molecule has 0 radical (unpaired) electrons. The maximum absolute atomic E-state index is 14.2. The smallest absolute Gasteiger partial charge is 0.353 e. The topological polar surface area (TPSA) is 197 Å². The molecular formula is C23H27ClFN7O5S. The molecule has 2 heterocycles. The molecule has 2 aromatic heterocycles. The van der Waals surface area contributed by atoms with Gasteiger partial charge in [0.1, 0.15) is 16.8 Å². The molecule has 0 aliphatic heterocycles. The second-order valence-corrected chi connectivity index (χ2v) is 9.44. The van der Waals surface area contributed by atoms with Gasteiger partial charge in [0.15, 0.2) is 17.4 Å². The van der Waals surface area contributed by atoms with Gasteiger partial charge in [-0.15, -0.1) is 33.9 Å². The molecule has 12 nitrogen and oxygen atoms in total. The third-order valence-corrected chi connectivity index (χ3v) is 7.10. The first-order valence-corrected chi connectivity index (χ1v) is 12.1. The molecule has 1 amide bonds. The van der Waals surface area contributed by atoms with Crippen molar-refractivity contribution in [2.45, 2.75) is 45.6 Å². The molecule has 204 valence electrons. The highest BCUT2D eigenvalue weighted by molar-refractivity contribution is 7.14. The van der Waals surface area contributed by atoms with Crippen LogP contribution in [0.4, 0.5) is 4.39 Å². The van der Waals surface area contributed by atoms with Crippen LogP contribution in [0.5, 0.6) is 5.75 Å². The second kappa shape index (κ2) is 13.1. The van der Waals surface area contributed by atoms with Gasteiger partial charge in [-0.25, -0.2) is 14.0 Å². The molecular weight excluding hydrogens is 541 g/mol. The minimum absolute atomic E-state index is 0. The van der Waals surface area contributed by atoms with Crippen molar-refractivity contribution in [1.82, 2.24) is 25.9 Å². The van der Waals surface area contributed by atoms with Gasteiger partial charge in [-0.3, -0.25) is 10.2 Å². The van der Waals surface area contributed by atoms with Crippen LogP contribution in [0, 0.1) is 16.6 Å². The van der Waals surface area contributed by atoms with E-state index in [4.69, 9.17) is 15.9 Å². The number of benzene rings is 1. The van der Waals surface area contributed by atoms with Gasteiger partial charge in [0.2, 0.25) is 5.91 Å². The molecule has 3 aromatic rings. The fourth-order valence-corrected chi connectivity index (χ4v) is 4.71. The van der Waals surface area contributed by atoms with Gasteiger partial charge in [-0.1, -0.05) is 19.1 Å². The first-order valence-electron chi connectivity index (χ1n) is 11.3. The van der Waals surface area contributed by atoms with E-state index in [1.165, 1.54) is 18.2 Å². The summed E-state index contributed by atoms with van der Waals surface area (Å²) in [7, 11) is 0. The number of esters is 1. The van der Waals surface area contributed by atoms with Crippen molar-refractivity contribution in [1.29, 1.82) is 5.41 Å². The van der Waals surface area contributed by atoms with E-state index < -0.39 is 35.1 Å². The van der Waals surface area contributed by atoms with Crippen molar-refractivity contribution in [2.75, 3.05) is 0 Å². The molecule has 0 saturated carbocycles. The first kappa shape index (κ1) is 30.3. The lowest BCUT2D eigenvalue weighted by atomic mass is 9.77. The van der Waals surface area contributed by atoms with Crippen LogP contribution in [0.3, 0.4) is 0 Å². The molecule has 0 spiro atoms. The normalized spacial score (nSPS) is 11.8. The van der Waals surface area contributed by atoms with Gasteiger partial charge in [0, 0.05) is 16.9 Å². The summed E-state index contributed by atoms with van der Waals surface area (Å²) in [5.41, 5.74) is 4.56. The summed E-state index contributed by atoms with van der Waals surface area (Å²) in [6, 6.07) is 5.54. The second-order valence-electron chi connectivity index (χ2n) is 8.28. The number of aliphatic carboxylic acids is 1. The number of rotatable bonds is 12. The number of ether oxygens (including phenoxy) is 1.